The Morgan fingerprint density at radius 1 is 1.07 bits per heavy atom. The van der Waals surface area contributed by atoms with Gasteiger partial charge in [-0.25, -0.2) is 9.59 Å². The van der Waals surface area contributed by atoms with E-state index in [1.54, 1.807) is 20.8 Å². The summed E-state index contributed by atoms with van der Waals surface area (Å²) in [5.74, 6) is -1.21. The molecule has 0 aliphatic carbocycles. The van der Waals surface area contributed by atoms with Crippen molar-refractivity contribution in [1.29, 1.82) is 5.26 Å². The van der Waals surface area contributed by atoms with Gasteiger partial charge in [0.05, 0.1) is 18.2 Å². The number of hydrogen-bond donors (Lipinski definition) is 1. The molecule has 140 valence electrons. The van der Waals surface area contributed by atoms with E-state index in [1.807, 2.05) is 6.07 Å². The number of carboxylic acid groups (broad SMARTS) is 1. The highest BCUT2D eigenvalue weighted by molar-refractivity contribution is 5.92. The summed E-state index contributed by atoms with van der Waals surface area (Å²) in [5, 5.41) is 18.5. The number of nitriles is 1. The zero-order valence-corrected chi connectivity index (χ0v) is 15.4. The SMILES string of the molecule is COc1cc(C#N)c(Oc2ccc(C(=O)OC(C)(C)C)cc2)cc1C(=O)O. The zero-order chi connectivity index (χ0) is 20.2. The number of ether oxygens (including phenoxy) is 3. The summed E-state index contributed by atoms with van der Waals surface area (Å²) < 4.78 is 15.9. The number of hydrogen-bond acceptors (Lipinski definition) is 6. The second-order valence-electron chi connectivity index (χ2n) is 6.59. The minimum atomic E-state index is -1.21. The fourth-order valence-corrected chi connectivity index (χ4v) is 2.19. The summed E-state index contributed by atoms with van der Waals surface area (Å²) in [7, 11) is 1.32. The van der Waals surface area contributed by atoms with Crippen LogP contribution in [0.2, 0.25) is 0 Å². The molecule has 0 bridgehead atoms. The fraction of sp³-hybridized carbons (Fsp3) is 0.250. The molecule has 0 aliphatic rings. The molecule has 27 heavy (non-hydrogen) atoms. The first kappa shape index (κ1) is 19.8. The maximum Gasteiger partial charge on any atom is 0.339 e. The molecular weight excluding hydrogens is 350 g/mol. The van der Waals surface area contributed by atoms with Gasteiger partial charge in [0.2, 0.25) is 0 Å². The monoisotopic (exact) mass is 369 g/mol. The van der Waals surface area contributed by atoms with Crippen LogP contribution in [0.25, 0.3) is 0 Å². The maximum absolute atomic E-state index is 12.0. The standard InChI is InChI=1S/C20H19NO6/c1-20(2,3)27-19(24)12-5-7-14(8-6-12)26-16-10-15(18(22)23)17(25-4)9-13(16)11-21/h5-10H,1-4H3,(H,22,23). The van der Waals surface area contributed by atoms with E-state index in [0.29, 0.717) is 11.3 Å². The molecule has 0 aromatic heterocycles. The van der Waals surface area contributed by atoms with Gasteiger partial charge in [-0.05, 0) is 45.0 Å². The van der Waals surface area contributed by atoms with E-state index in [0.717, 1.165) is 0 Å². The van der Waals surface area contributed by atoms with E-state index in [-0.39, 0.29) is 22.6 Å². The fourth-order valence-electron chi connectivity index (χ4n) is 2.19. The van der Waals surface area contributed by atoms with Crippen LogP contribution in [-0.2, 0) is 4.74 Å². The molecule has 2 aromatic rings. The Labute approximate surface area is 156 Å². The van der Waals surface area contributed by atoms with Crippen LogP contribution in [0.3, 0.4) is 0 Å². The largest absolute Gasteiger partial charge is 0.496 e. The lowest BCUT2D eigenvalue weighted by Crippen LogP contribution is -2.23. The topological polar surface area (TPSA) is 106 Å². The average Bonchev–Trinajstić information content (AvgIpc) is 2.60. The van der Waals surface area contributed by atoms with Crippen molar-refractivity contribution in [2.45, 2.75) is 26.4 Å². The third-order valence-electron chi connectivity index (χ3n) is 3.37. The van der Waals surface area contributed by atoms with E-state index in [1.165, 1.54) is 43.5 Å². The van der Waals surface area contributed by atoms with Crippen LogP contribution in [-0.4, -0.2) is 29.8 Å². The van der Waals surface area contributed by atoms with Gasteiger partial charge in [-0.1, -0.05) is 0 Å². The van der Waals surface area contributed by atoms with Crippen molar-refractivity contribution in [3.8, 4) is 23.3 Å². The highest BCUT2D eigenvalue weighted by Gasteiger charge is 2.19. The molecule has 0 spiro atoms. The number of aromatic carboxylic acids is 1. The molecule has 0 radical (unpaired) electrons. The lowest BCUT2D eigenvalue weighted by molar-refractivity contribution is 0.00693. The van der Waals surface area contributed by atoms with Gasteiger partial charge in [-0.2, -0.15) is 5.26 Å². The minimum Gasteiger partial charge on any atom is -0.496 e. The Morgan fingerprint density at radius 3 is 2.19 bits per heavy atom. The quantitative estimate of drug-likeness (QED) is 0.794. The molecule has 0 fully saturated rings. The van der Waals surface area contributed by atoms with Crippen molar-refractivity contribution < 1.29 is 28.9 Å². The summed E-state index contributed by atoms with van der Waals surface area (Å²) in [6.07, 6.45) is 0. The summed E-state index contributed by atoms with van der Waals surface area (Å²) in [4.78, 5) is 23.4. The number of methoxy groups -OCH3 is 1. The van der Waals surface area contributed by atoms with Gasteiger partial charge in [0.25, 0.3) is 0 Å². The highest BCUT2D eigenvalue weighted by atomic mass is 16.6. The molecule has 0 aliphatic heterocycles. The van der Waals surface area contributed by atoms with E-state index in [2.05, 4.69) is 0 Å². The molecule has 7 heteroatoms. The van der Waals surface area contributed by atoms with Crippen LogP contribution in [0.5, 0.6) is 17.2 Å². The normalized spacial score (nSPS) is 10.6. The van der Waals surface area contributed by atoms with E-state index >= 15 is 0 Å². The molecule has 2 rings (SSSR count). The molecular formula is C20H19NO6. The van der Waals surface area contributed by atoms with E-state index < -0.39 is 17.5 Å². The number of rotatable bonds is 5. The molecule has 7 nitrogen and oxygen atoms in total. The lowest BCUT2D eigenvalue weighted by atomic mass is 10.1. The molecule has 0 amide bonds. The molecule has 0 unspecified atom stereocenters. The highest BCUT2D eigenvalue weighted by Crippen LogP contribution is 2.32. The summed E-state index contributed by atoms with van der Waals surface area (Å²) in [5.41, 5.74) is -0.270. The number of carbonyl (C=O) groups is 2. The third kappa shape index (κ3) is 4.98. The number of carbonyl (C=O) groups excluding carboxylic acids is 1. The van der Waals surface area contributed by atoms with E-state index in [9.17, 15) is 20.0 Å². The first-order chi connectivity index (χ1) is 12.6. The first-order valence-electron chi connectivity index (χ1n) is 8.01. The van der Waals surface area contributed by atoms with E-state index in [4.69, 9.17) is 14.2 Å². The van der Waals surface area contributed by atoms with Crippen LogP contribution < -0.4 is 9.47 Å². The van der Waals surface area contributed by atoms with Crippen molar-refractivity contribution in [2.75, 3.05) is 7.11 Å². The number of nitrogens with zero attached hydrogens (tertiary/aromatic N) is 1. The van der Waals surface area contributed by atoms with Crippen molar-refractivity contribution in [3.05, 3.63) is 53.1 Å². The van der Waals surface area contributed by atoms with Gasteiger partial charge in [-0.15, -0.1) is 0 Å². The summed E-state index contributed by atoms with van der Waals surface area (Å²) in [6.45, 7) is 5.32. The number of carboxylic acids is 1. The predicted octanol–water partition coefficient (Wildman–Crippen LogP) is 4.01. The first-order valence-corrected chi connectivity index (χ1v) is 8.01. The lowest BCUT2D eigenvalue weighted by Gasteiger charge is -2.19. The van der Waals surface area contributed by atoms with Gasteiger partial charge in [-0.3, -0.25) is 0 Å². The summed E-state index contributed by atoms with van der Waals surface area (Å²) >= 11 is 0. The van der Waals surface area contributed by atoms with Crippen LogP contribution in [0.15, 0.2) is 36.4 Å². The second kappa shape index (κ2) is 7.79. The third-order valence-corrected chi connectivity index (χ3v) is 3.37. The Morgan fingerprint density at radius 2 is 1.70 bits per heavy atom. The van der Waals surface area contributed by atoms with Crippen LogP contribution in [0.1, 0.15) is 47.1 Å². The molecule has 0 atom stereocenters. The Hall–Kier alpha value is -3.53. The number of benzene rings is 2. The second-order valence-corrected chi connectivity index (χ2v) is 6.59. The predicted molar refractivity (Wildman–Crippen MR) is 96.4 cm³/mol. The Balaban J connectivity index is 2.29. The van der Waals surface area contributed by atoms with Crippen molar-refractivity contribution in [2.24, 2.45) is 0 Å². The molecule has 1 N–H and O–H groups in total. The van der Waals surface area contributed by atoms with Crippen molar-refractivity contribution in [3.63, 3.8) is 0 Å². The zero-order valence-electron chi connectivity index (χ0n) is 15.4. The molecule has 0 saturated carbocycles. The molecule has 2 aromatic carbocycles. The van der Waals surface area contributed by atoms with Crippen LogP contribution in [0.4, 0.5) is 0 Å². The smallest absolute Gasteiger partial charge is 0.339 e. The van der Waals surface area contributed by atoms with Gasteiger partial charge in [0, 0.05) is 12.1 Å². The van der Waals surface area contributed by atoms with Crippen LogP contribution >= 0.6 is 0 Å². The minimum absolute atomic E-state index is 0.0617. The number of esters is 1. The summed E-state index contributed by atoms with van der Waals surface area (Å²) in [6, 6.07) is 10.6. The average molecular weight is 369 g/mol. The molecule has 0 heterocycles. The maximum atomic E-state index is 12.0. The molecule has 0 saturated heterocycles. The van der Waals surface area contributed by atoms with Gasteiger partial charge < -0.3 is 19.3 Å². The van der Waals surface area contributed by atoms with Gasteiger partial charge in [0.15, 0.2) is 0 Å². The van der Waals surface area contributed by atoms with Crippen molar-refractivity contribution in [1.82, 2.24) is 0 Å². The van der Waals surface area contributed by atoms with Crippen LogP contribution in [0, 0.1) is 11.3 Å². The van der Waals surface area contributed by atoms with Gasteiger partial charge in [0.1, 0.15) is 34.5 Å². The van der Waals surface area contributed by atoms with Gasteiger partial charge >= 0.3 is 11.9 Å². The Bertz CT molecular complexity index is 904. The Kier molecular flexibility index (Phi) is 5.71. The van der Waals surface area contributed by atoms with Crippen molar-refractivity contribution >= 4 is 11.9 Å².